The Morgan fingerprint density at radius 1 is 1.55 bits per heavy atom. The van der Waals surface area contributed by atoms with Gasteiger partial charge in [-0.25, -0.2) is 4.98 Å². The molecular weight excluding hydrogens is 276 g/mol. The number of carbonyl (C=O) groups is 1. The van der Waals surface area contributed by atoms with Gasteiger partial charge in [0.2, 0.25) is 0 Å². The summed E-state index contributed by atoms with van der Waals surface area (Å²) in [5, 5.41) is 2.99. The van der Waals surface area contributed by atoms with Gasteiger partial charge in [0.25, 0.3) is 5.91 Å². The molecule has 0 aromatic carbocycles. The number of likely N-dealkylation sites (tertiary alicyclic amines) is 1. The Morgan fingerprint density at radius 2 is 2.40 bits per heavy atom. The van der Waals surface area contributed by atoms with Gasteiger partial charge in [0, 0.05) is 25.2 Å². The van der Waals surface area contributed by atoms with Crippen molar-refractivity contribution in [1.29, 1.82) is 0 Å². The second-order valence-electron chi connectivity index (χ2n) is 4.92. The summed E-state index contributed by atoms with van der Waals surface area (Å²) in [5.74, 6) is 0.0565. The van der Waals surface area contributed by atoms with E-state index in [9.17, 15) is 4.79 Å². The Morgan fingerprint density at radius 3 is 3.10 bits per heavy atom. The van der Waals surface area contributed by atoms with Crippen LogP contribution in [0.1, 0.15) is 37.2 Å². The van der Waals surface area contributed by atoms with Crippen molar-refractivity contribution in [3.63, 3.8) is 0 Å². The molecule has 0 aliphatic carbocycles. The monoisotopic (exact) mass is 298 g/mol. The highest BCUT2D eigenvalue weighted by atomic mass is 32.1. The molecule has 0 bridgehead atoms. The predicted octanol–water partition coefficient (Wildman–Crippen LogP) is 2.25. The lowest BCUT2D eigenvalue weighted by Crippen LogP contribution is -2.44. The quantitative estimate of drug-likeness (QED) is 0.756. The first-order valence-corrected chi connectivity index (χ1v) is 7.92. The average molecular weight is 298 g/mol. The standard InChI is InChI=1S/C14H22N2O3S/c1-11(19-9-8-18-2)14(17)16-7-4-3-5-12(16)13-15-6-10-20-13/h6,10-12H,3-5,7-9H2,1-2H3. The van der Waals surface area contributed by atoms with E-state index in [0.717, 1.165) is 30.8 Å². The van der Waals surface area contributed by atoms with Crippen molar-refractivity contribution in [2.75, 3.05) is 26.9 Å². The molecule has 20 heavy (non-hydrogen) atoms. The van der Waals surface area contributed by atoms with E-state index in [0.29, 0.717) is 13.2 Å². The molecule has 1 amide bonds. The molecule has 2 unspecified atom stereocenters. The Balaban J connectivity index is 1.98. The van der Waals surface area contributed by atoms with Crippen molar-refractivity contribution >= 4 is 17.2 Å². The molecule has 6 heteroatoms. The van der Waals surface area contributed by atoms with Crippen LogP contribution in [0.15, 0.2) is 11.6 Å². The van der Waals surface area contributed by atoms with Crippen LogP contribution in [-0.2, 0) is 14.3 Å². The summed E-state index contributed by atoms with van der Waals surface area (Å²) >= 11 is 1.62. The van der Waals surface area contributed by atoms with Gasteiger partial charge in [-0.05, 0) is 26.2 Å². The van der Waals surface area contributed by atoms with E-state index < -0.39 is 6.10 Å². The highest BCUT2D eigenvalue weighted by Crippen LogP contribution is 2.32. The number of carbonyl (C=O) groups excluding carboxylic acids is 1. The lowest BCUT2D eigenvalue weighted by atomic mass is 10.0. The first kappa shape index (κ1) is 15.4. The number of hydrogen-bond acceptors (Lipinski definition) is 5. The lowest BCUT2D eigenvalue weighted by molar-refractivity contribution is -0.147. The smallest absolute Gasteiger partial charge is 0.252 e. The van der Waals surface area contributed by atoms with Crippen molar-refractivity contribution in [3.05, 3.63) is 16.6 Å². The third-order valence-electron chi connectivity index (χ3n) is 3.53. The lowest BCUT2D eigenvalue weighted by Gasteiger charge is -2.36. The zero-order valence-electron chi connectivity index (χ0n) is 12.1. The normalized spacial score (nSPS) is 20.9. The molecule has 1 aromatic rings. The van der Waals surface area contributed by atoms with Gasteiger partial charge in [0.05, 0.1) is 19.3 Å². The second-order valence-corrected chi connectivity index (χ2v) is 5.85. The van der Waals surface area contributed by atoms with Gasteiger partial charge in [0.1, 0.15) is 11.1 Å². The second kappa shape index (κ2) is 7.71. The van der Waals surface area contributed by atoms with Gasteiger partial charge in [-0.2, -0.15) is 0 Å². The van der Waals surface area contributed by atoms with Crippen LogP contribution >= 0.6 is 11.3 Å². The largest absolute Gasteiger partial charge is 0.382 e. The van der Waals surface area contributed by atoms with E-state index in [1.54, 1.807) is 24.6 Å². The maximum atomic E-state index is 12.5. The molecule has 1 aromatic heterocycles. The number of aromatic nitrogens is 1. The summed E-state index contributed by atoms with van der Waals surface area (Å²) < 4.78 is 10.5. The van der Waals surface area contributed by atoms with Crippen LogP contribution in [-0.4, -0.2) is 48.8 Å². The molecule has 0 radical (unpaired) electrons. The number of methoxy groups -OCH3 is 1. The number of ether oxygens (including phenoxy) is 2. The van der Waals surface area contributed by atoms with Crippen LogP contribution < -0.4 is 0 Å². The van der Waals surface area contributed by atoms with Crippen LogP contribution in [0.25, 0.3) is 0 Å². The SMILES string of the molecule is COCCOC(C)C(=O)N1CCCCC1c1nccs1. The minimum atomic E-state index is -0.425. The summed E-state index contributed by atoms with van der Waals surface area (Å²) in [4.78, 5) is 18.8. The summed E-state index contributed by atoms with van der Waals surface area (Å²) in [6.45, 7) is 3.55. The first-order valence-electron chi connectivity index (χ1n) is 7.04. The minimum absolute atomic E-state index is 0.0565. The third kappa shape index (κ3) is 3.77. The molecule has 112 valence electrons. The minimum Gasteiger partial charge on any atom is -0.382 e. The van der Waals surface area contributed by atoms with Crippen LogP contribution in [0, 0.1) is 0 Å². The summed E-state index contributed by atoms with van der Waals surface area (Å²) in [6, 6.07) is 0.115. The molecular formula is C14H22N2O3S. The molecule has 0 saturated carbocycles. The zero-order valence-corrected chi connectivity index (χ0v) is 12.9. The topological polar surface area (TPSA) is 51.7 Å². The van der Waals surface area contributed by atoms with E-state index >= 15 is 0 Å². The fraction of sp³-hybridized carbons (Fsp3) is 0.714. The van der Waals surface area contributed by atoms with Gasteiger partial charge in [-0.3, -0.25) is 4.79 Å². The van der Waals surface area contributed by atoms with Gasteiger partial charge in [-0.1, -0.05) is 0 Å². The van der Waals surface area contributed by atoms with Crippen LogP contribution in [0.2, 0.25) is 0 Å². The Labute approximate surface area is 123 Å². The summed E-state index contributed by atoms with van der Waals surface area (Å²) in [6.07, 6.45) is 4.57. The van der Waals surface area contributed by atoms with Crippen molar-refractivity contribution in [3.8, 4) is 0 Å². The van der Waals surface area contributed by atoms with Crippen molar-refractivity contribution in [1.82, 2.24) is 9.88 Å². The van der Waals surface area contributed by atoms with Crippen molar-refractivity contribution in [2.45, 2.75) is 38.3 Å². The molecule has 2 heterocycles. The number of rotatable bonds is 6. The molecule has 1 saturated heterocycles. The van der Waals surface area contributed by atoms with E-state index in [1.807, 2.05) is 17.2 Å². The number of thiazole rings is 1. The van der Waals surface area contributed by atoms with Gasteiger partial charge in [-0.15, -0.1) is 11.3 Å². The Bertz CT molecular complexity index is 411. The van der Waals surface area contributed by atoms with Gasteiger partial charge >= 0.3 is 0 Å². The molecule has 5 nitrogen and oxygen atoms in total. The Kier molecular flexibility index (Phi) is 5.94. The highest BCUT2D eigenvalue weighted by molar-refractivity contribution is 7.09. The zero-order chi connectivity index (χ0) is 14.4. The van der Waals surface area contributed by atoms with E-state index in [2.05, 4.69) is 4.98 Å². The fourth-order valence-electron chi connectivity index (χ4n) is 2.46. The number of hydrogen-bond donors (Lipinski definition) is 0. The molecule has 0 N–H and O–H groups in total. The maximum Gasteiger partial charge on any atom is 0.252 e. The van der Waals surface area contributed by atoms with Gasteiger partial charge in [0.15, 0.2) is 0 Å². The summed E-state index contributed by atoms with van der Waals surface area (Å²) in [7, 11) is 1.62. The van der Waals surface area contributed by atoms with Crippen LogP contribution in [0.4, 0.5) is 0 Å². The highest BCUT2D eigenvalue weighted by Gasteiger charge is 2.32. The van der Waals surface area contributed by atoms with E-state index in [-0.39, 0.29) is 11.9 Å². The number of amides is 1. The van der Waals surface area contributed by atoms with E-state index in [4.69, 9.17) is 9.47 Å². The molecule has 2 atom stereocenters. The number of nitrogens with zero attached hydrogens (tertiary/aromatic N) is 2. The maximum absolute atomic E-state index is 12.5. The fourth-order valence-corrected chi connectivity index (χ4v) is 3.25. The third-order valence-corrected chi connectivity index (χ3v) is 4.40. The Hall–Kier alpha value is -0.980. The van der Waals surface area contributed by atoms with E-state index in [1.165, 1.54) is 0 Å². The molecule has 1 aliphatic rings. The van der Waals surface area contributed by atoms with Crippen molar-refractivity contribution in [2.24, 2.45) is 0 Å². The average Bonchev–Trinajstić information content (AvgIpc) is 3.00. The number of piperidine rings is 1. The van der Waals surface area contributed by atoms with Crippen LogP contribution in [0.5, 0.6) is 0 Å². The molecule has 1 aliphatic heterocycles. The first-order chi connectivity index (χ1) is 9.74. The van der Waals surface area contributed by atoms with Crippen LogP contribution in [0.3, 0.4) is 0 Å². The molecule has 0 spiro atoms. The van der Waals surface area contributed by atoms with Crippen molar-refractivity contribution < 1.29 is 14.3 Å². The molecule has 1 fully saturated rings. The summed E-state index contributed by atoms with van der Waals surface area (Å²) in [5.41, 5.74) is 0. The predicted molar refractivity (Wildman–Crippen MR) is 77.7 cm³/mol. The van der Waals surface area contributed by atoms with Gasteiger partial charge < -0.3 is 14.4 Å². The molecule has 2 rings (SSSR count).